The predicted octanol–water partition coefficient (Wildman–Crippen LogP) is 5.36. The lowest BCUT2D eigenvalue weighted by molar-refractivity contribution is -0.117. The van der Waals surface area contributed by atoms with Crippen LogP contribution in [0.4, 0.5) is 0 Å². The topological polar surface area (TPSA) is 58.4 Å². The SMILES string of the molecule is CCCCCCNC(=O)/C(N)=C1\C=C(N(CCC(C)C)CCC(C)C)CCC1. The number of unbranched alkanes of at least 4 members (excludes halogenated alkanes) is 3. The maximum Gasteiger partial charge on any atom is 0.267 e. The number of rotatable bonds is 13. The van der Waals surface area contributed by atoms with Gasteiger partial charge in [-0.25, -0.2) is 0 Å². The van der Waals surface area contributed by atoms with E-state index >= 15 is 0 Å². The molecular weight excluding hydrogens is 346 g/mol. The van der Waals surface area contributed by atoms with Gasteiger partial charge in [0.15, 0.2) is 0 Å². The molecule has 1 rings (SSSR count). The first-order valence-corrected chi connectivity index (χ1v) is 11.6. The van der Waals surface area contributed by atoms with E-state index < -0.39 is 0 Å². The Hall–Kier alpha value is -1.45. The van der Waals surface area contributed by atoms with Gasteiger partial charge in [-0.15, -0.1) is 0 Å². The zero-order valence-electron chi connectivity index (χ0n) is 19.2. The molecule has 1 amide bonds. The Morgan fingerprint density at radius 2 is 1.71 bits per heavy atom. The van der Waals surface area contributed by atoms with Crippen molar-refractivity contribution in [1.29, 1.82) is 0 Å². The molecule has 0 atom stereocenters. The highest BCUT2D eigenvalue weighted by atomic mass is 16.1. The van der Waals surface area contributed by atoms with E-state index in [1.54, 1.807) is 0 Å². The van der Waals surface area contributed by atoms with Gasteiger partial charge < -0.3 is 16.0 Å². The largest absolute Gasteiger partial charge is 0.394 e. The van der Waals surface area contributed by atoms with Gasteiger partial charge in [0.2, 0.25) is 0 Å². The molecule has 0 fully saturated rings. The van der Waals surface area contributed by atoms with Gasteiger partial charge in [0.1, 0.15) is 5.70 Å². The number of amides is 1. The zero-order valence-corrected chi connectivity index (χ0v) is 19.2. The van der Waals surface area contributed by atoms with Gasteiger partial charge in [-0.2, -0.15) is 0 Å². The molecule has 0 spiro atoms. The molecule has 1 aliphatic carbocycles. The van der Waals surface area contributed by atoms with Crippen molar-refractivity contribution in [3.8, 4) is 0 Å². The molecule has 4 nitrogen and oxygen atoms in total. The van der Waals surface area contributed by atoms with Crippen molar-refractivity contribution < 1.29 is 4.79 Å². The lowest BCUT2D eigenvalue weighted by atomic mass is 9.95. The van der Waals surface area contributed by atoms with Crippen molar-refractivity contribution in [3.05, 3.63) is 23.0 Å². The fourth-order valence-electron chi connectivity index (χ4n) is 3.49. The van der Waals surface area contributed by atoms with Crippen LogP contribution in [0, 0.1) is 11.8 Å². The van der Waals surface area contributed by atoms with E-state index in [4.69, 9.17) is 5.73 Å². The van der Waals surface area contributed by atoms with E-state index in [0.717, 1.165) is 57.3 Å². The second kappa shape index (κ2) is 13.7. The van der Waals surface area contributed by atoms with Crippen molar-refractivity contribution in [2.45, 2.75) is 92.4 Å². The van der Waals surface area contributed by atoms with Crippen LogP contribution in [0.3, 0.4) is 0 Å². The van der Waals surface area contributed by atoms with E-state index in [-0.39, 0.29) is 5.91 Å². The molecule has 0 bridgehead atoms. The van der Waals surface area contributed by atoms with Gasteiger partial charge >= 0.3 is 0 Å². The number of carbonyl (C=O) groups excluding carboxylic acids is 1. The van der Waals surface area contributed by atoms with Crippen LogP contribution in [0.2, 0.25) is 0 Å². The van der Waals surface area contributed by atoms with E-state index in [9.17, 15) is 4.79 Å². The average molecular weight is 392 g/mol. The zero-order chi connectivity index (χ0) is 20.9. The molecule has 0 aromatic rings. The number of nitrogens with one attached hydrogen (secondary N) is 1. The third-order valence-corrected chi connectivity index (χ3v) is 5.49. The Kier molecular flexibility index (Phi) is 12.0. The van der Waals surface area contributed by atoms with Gasteiger partial charge in [0, 0.05) is 25.3 Å². The summed E-state index contributed by atoms with van der Waals surface area (Å²) < 4.78 is 0. The number of hydrogen-bond acceptors (Lipinski definition) is 3. The quantitative estimate of drug-likeness (QED) is 0.328. The van der Waals surface area contributed by atoms with Crippen molar-refractivity contribution in [1.82, 2.24) is 10.2 Å². The Balaban J connectivity index is 2.78. The summed E-state index contributed by atoms with van der Waals surface area (Å²) in [4.78, 5) is 15.0. The van der Waals surface area contributed by atoms with Crippen LogP contribution in [-0.2, 0) is 4.79 Å². The molecule has 162 valence electrons. The third-order valence-electron chi connectivity index (χ3n) is 5.49. The van der Waals surface area contributed by atoms with Gasteiger partial charge in [0.25, 0.3) is 5.91 Å². The summed E-state index contributed by atoms with van der Waals surface area (Å²) in [5.74, 6) is 1.30. The summed E-state index contributed by atoms with van der Waals surface area (Å²) >= 11 is 0. The lowest BCUT2D eigenvalue weighted by Crippen LogP contribution is -2.32. The summed E-state index contributed by atoms with van der Waals surface area (Å²) in [7, 11) is 0. The van der Waals surface area contributed by atoms with Gasteiger partial charge in [-0.05, 0) is 62.0 Å². The molecule has 4 heteroatoms. The first-order valence-electron chi connectivity index (χ1n) is 11.6. The Bertz CT molecular complexity index is 508. The van der Waals surface area contributed by atoms with Crippen LogP contribution in [-0.4, -0.2) is 30.4 Å². The highest BCUT2D eigenvalue weighted by Gasteiger charge is 2.19. The fraction of sp³-hybridized carbons (Fsp3) is 0.792. The lowest BCUT2D eigenvalue weighted by Gasteiger charge is -2.31. The highest BCUT2D eigenvalue weighted by molar-refractivity contribution is 5.93. The van der Waals surface area contributed by atoms with Crippen LogP contribution in [0.1, 0.15) is 92.4 Å². The normalized spacial score (nSPS) is 16.3. The molecule has 0 unspecified atom stereocenters. The van der Waals surface area contributed by atoms with Crippen molar-refractivity contribution in [2.75, 3.05) is 19.6 Å². The first kappa shape index (κ1) is 24.6. The van der Waals surface area contributed by atoms with Crippen LogP contribution in [0.15, 0.2) is 23.0 Å². The van der Waals surface area contributed by atoms with Crippen molar-refractivity contribution >= 4 is 5.91 Å². The molecule has 0 aromatic heterocycles. The minimum atomic E-state index is -0.0973. The maximum absolute atomic E-state index is 12.4. The smallest absolute Gasteiger partial charge is 0.267 e. The third kappa shape index (κ3) is 9.66. The van der Waals surface area contributed by atoms with Crippen LogP contribution in [0.25, 0.3) is 0 Å². The number of hydrogen-bond donors (Lipinski definition) is 2. The van der Waals surface area contributed by atoms with E-state index in [1.807, 2.05) is 0 Å². The monoisotopic (exact) mass is 391 g/mol. The average Bonchev–Trinajstić information content (AvgIpc) is 2.66. The standard InChI is InChI=1S/C24H45N3O/c1-6-7-8-9-15-26-24(28)23(25)21-11-10-12-22(18-21)27(16-13-19(2)3)17-14-20(4)5/h18-20H,6-17,25H2,1-5H3,(H,26,28)/b23-21+. The number of allylic oxidation sites excluding steroid dienone is 3. The van der Waals surface area contributed by atoms with Crippen LogP contribution >= 0.6 is 0 Å². The second-order valence-corrected chi connectivity index (χ2v) is 9.10. The van der Waals surface area contributed by atoms with Gasteiger partial charge in [-0.1, -0.05) is 53.9 Å². The molecular formula is C24H45N3O. The predicted molar refractivity (Wildman–Crippen MR) is 121 cm³/mol. The molecule has 0 aliphatic heterocycles. The molecule has 0 radical (unpaired) electrons. The molecule has 0 saturated heterocycles. The molecule has 3 N–H and O–H groups in total. The minimum Gasteiger partial charge on any atom is -0.394 e. The van der Waals surface area contributed by atoms with Crippen molar-refractivity contribution in [3.63, 3.8) is 0 Å². The van der Waals surface area contributed by atoms with Crippen LogP contribution < -0.4 is 11.1 Å². The maximum atomic E-state index is 12.4. The Morgan fingerprint density at radius 1 is 1.07 bits per heavy atom. The summed E-state index contributed by atoms with van der Waals surface area (Å²) in [6, 6.07) is 0. The molecule has 0 saturated carbocycles. The Labute approximate surface area is 174 Å². The van der Waals surface area contributed by atoms with Gasteiger partial charge in [-0.3, -0.25) is 4.79 Å². The molecule has 1 aliphatic rings. The highest BCUT2D eigenvalue weighted by Crippen LogP contribution is 2.27. The van der Waals surface area contributed by atoms with Gasteiger partial charge in [0.05, 0.1) is 0 Å². The summed E-state index contributed by atoms with van der Waals surface area (Å²) in [5, 5.41) is 3.00. The summed E-state index contributed by atoms with van der Waals surface area (Å²) in [5.41, 5.74) is 9.04. The summed E-state index contributed by atoms with van der Waals surface area (Å²) in [6.45, 7) is 14.2. The second-order valence-electron chi connectivity index (χ2n) is 9.10. The number of nitrogens with two attached hydrogens (primary N) is 1. The first-order chi connectivity index (χ1) is 13.3. The number of nitrogens with zero attached hydrogens (tertiary/aromatic N) is 1. The molecule has 0 heterocycles. The van der Waals surface area contributed by atoms with Crippen molar-refractivity contribution in [2.24, 2.45) is 17.6 Å². The minimum absolute atomic E-state index is 0.0973. The van der Waals surface area contributed by atoms with E-state index in [2.05, 4.69) is 50.9 Å². The molecule has 0 aromatic carbocycles. The van der Waals surface area contributed by atoms with E-state index in [0.29, 0.717) is 17.5 Å². The molecule has 28 heavy (non-hydrogen) atoms. The fourth-order valence-corrected chi connectivity index (χ4v) is 3.49. The number of carbonyl (C=O) groups is 1. The Morgan fingerprint density at radius 3 is 2.29 bits per heavy atom. The van der Waals surface area contributed by atoms with E-state index in [1.165, 1.54) is 31.4 Å². The van der Waals surface area contributed by atoms with Crippen LogP contribution in [0.5, 0.6) is 0 Å². The summed E-state index contributed by atoms with van der Waals surface area (Å²) in [6.07, 6.45) is 12.3.